The highest BCUT2D eigenvalue weighted by Gasteiger charge is 2.38. The quantitative estimate of drug-likeness (QED) is 0.656. The van der Waals surface area contributed by atoms with E-state index in [1.54, 1.807) is 26.8 Å². The fourth-order valence-corrected chi connectivity index (χ4v) is 1.11. The predicted molar refractivity (Wildman–Crippen MR) is 58.4 cm³/mol. The first-order chi connectivity index (χ1) is 6.84. The summed E-state index contributed by atoms with van der Waals surface area (Å²) in [6, 6.07) is 0. The number of rotatable bonds is 6. The van der Waals surface area contributed by atoms with Crippen LogP contribution in [0, 0.1) is 11.3 Å². The number of hydrogen-bond donors (Lipinski definition) is 2. The molecule has 0 heterocycles. The number of carbonyl (C=O) groups excluding carboxylic acids is 1. The molecule has 0 rings (SSSR count). The zero-order valence-electron chi connectivity index (χ0n) is 9.54. The van der Waals surface area contributed by atoms with Gasteiger partial charge in [0, 0.05) is 13.0 Å². The third kappa shape index (κ3) is 3.73. The highest BCUT2D eigenvalue weighted by Crippen LogP contribution is 2.31. The number of carboxylic acid groups (broad SMARTS) is 1. The molecule has 1 amide bonds. The van der Waals surface area contributed by atoms with Crippen LogP contribution in [-0.2, 0) is 9.59 Å². The van der Waals surface area contributed by atoms with Gasteiger partial charge in [-0.05, 0) is 12.8 Å². The van der Waals surface area contributed by atoms with Crippen molar-refractivity contribution < 1.29 is 14.7 Å². The normalized spacial score (nSPS) is 14.4. The number of nitrogens with one attached hydrogen (secondary N) is 1. The van der Waals surface area contributed by atoms with Crippen molar-refractivity contribution in [2.75, 3.05) is 6.54 Å². The number of carbonyl (C=O) groups is 2. The third-order valence-corrected chi connectivity index (χ3v) is 2.73. The van der Waals surface area contributed by atoms with Gasteiger partial charge in [0.25, 0.3) is 0 Å². The molecule has 15 heavy (non-hydrogen) atoms. The smallest absolute Gasteiger partial charge is 0.310 e. The van der Waals surface area contributed by atoms with Crippen molar-refractivity contribution in [3.05, 3.63) is 12.7 Å². The average Bonchev–Trinajstić information content (AvgIpc) is 2.13. The molecule has 0 aliphatic carbocycles. The van der Waals surface area contributed by atoms with E-state index in [1.807, 2.05) is 0 Å². The molecule has 0 bridgehead atoms. The van der Waals surface area contributed by atoms with Crippen molar-refractivity contribution in [3.63, 3.8) is 0 Å². The molecule has 4 nitrogen and oxygen atoms in total. The first kappa shape index (κ1) is 13.7. The second kappa shape index (κ2) is 5.53. The lowest BCUT2D eigenvalue weighted by molar-refractivity contribution is -0.153. The summed E-state index contributed by atoms with van der Waals surface area (Å²) in [6.07, 6.45) is 1.55. The fraction of sp³-hybridized carbons (Fsp3) is 0.636. The number of carboxylic acids is 1. The van der Waals surface area contributed by atoms with Crippen LogP contribution in [0.25, 0.3) is 0 Å². The van der Waals surface area contributed by atoms with E-state index < -0.39 is 11.4 Å². The molecule has 0 saturated carbocycles. The summed E-state index contributed by atoms with van der Waals surface area (Å²) in [5.41, 5.74) is -1.01. The van der Waals surface area contributed by atoms with Gasteiger partial charge in [0.15, 0.2) is 0 Å². The van der Waals surface area contributed by atoms with Crippen molar-refractivity contribution in [2.45, 2.75) is 27.2 Å². The molecule has 0 aliphatic rings. The summed E-state index contributed by atoms with van der Waals surface area (Å²) in [4.78, 5) is 22.5. The highest BCUT2D eigenvalue weighted by molar-refractivity contribution is 5.84. The molecule has 0 fully saturated rings. The fourth-order valence-electron chi connectivity index (χ4n) is 1.11. The van der Waals surface area contributed by atoms with Crippen LogP contribution >= 0.6 is 0 Å². The molecule has 0 aromatic rings. The summed E-state index contributed by atoms with van der Waals surface area (Å²) in [6.45, 7) is 9.03. The third-order valence-electron chi connectivity index (χ3n) is 2.73. The molecule has 0 saturated heterocycles. The second-order valence-corrected chi connectivity index (χ2v) is 4.15. The van der Waals surface area contributed by atoms with Crippen LogP contribution in [0.5, 0.6) is 0 Å². The summed E-state index contributed by atoms with van der Waals surface area (Å²) in [5.74, 6) is -1.29. The van der Waals surface area contributed by atoms with Crippen molar-refractivity contribution in [2.24, 2.45) is 11.3 Å². The van der Waals surface area contributed by atoms with Crippen molar-refractivity contribution in [1.29, 1.82) is 0 Å². The summed E-state index contributed by atoms with van der Waals surface area (Å²) in [5, 5.41) is 11.7. The minimum absolute atomic E-state index is 0.00611. The van der Waals surface area contributed by atoms with E-state index in [9.17, 15) is 9.59 Å². The second-order valence-electron chi connectivity index (χ2n) is 4.15. The molecule has 86 valence electrons. The highest BCUT2D eigenvalue weighted by atomic mass is 16.4. The lowest BCUT2D eigenvalue weighted by atomic mass is 9.76. The monoisotopic (exact) mass is 213 g/mol. The van der Waals surface area contributed by atoms with Gasteiger partial charge in [-0.15, -0.1) is 6.58 Å². The molecule has 0 aliphatic heterocycles. The Balaban J connectivity index is 4.49. The summed E-state index contributed by atoms with van der Waals surface area (Å²) in [7, 11) is 0. The molecule has 4 heteroatoms. The van der Waals surface area contributed by atoms with Crippen LogP contribution in [0.1, 0.15) is 27.2 Å². The van der Waals surface area contributed by atoms with Gasteiger partial charge in [-0.25, -0.2) is 0 Å². The minimum atomic E-state index is -1.01. The van der Waals surface area contributed by atoms with Gasteiger partial charge in [-0.2, -0.15) is 0 Å². The molecule has 0 radical (unpaired) electrons. The van der Waals surface area contributed by atoms with E-state index in [4.69, 9.17) is 5.11 Å². The first-order valence-corrected chi connectivity index (χ1v) is 4.95. The van der Waals surface area contributed by atoms with Crippen LogP contribution in [0.3, 0.4) is 0 Å². The van der Waals surface area contributed by atoms with E-state index in [0.29, 0.717) is 6.54 Å². The Morgan fingerprint density at radius 2 is 2.07 bits per heavy atom. The van der Waals surface area contributed by atoms with Crippen molar-refractivity contribution in [1.82, 2.24) is 5.32 Å². The summed E-state index contributed by atoms with van der Waals surface area (Å²) >= 11 is 0. The lowest BCUT2D eigenvalue weighted by Gasteiger charge is -2.28. The van der Waals surface area contributed by atoms with E-state index in [1.165, 1.54) is 0 Å². The molecule has 2 N–H and O–H groups in total. The Bertz CT molecular complexity index is 261. The van der Waals surface area contributed by atoms with Crippen LogP contribution in [0.4, 0.5) is 0 Å². The maximum absolute atomic E-state index is 11.4. The Morgan fingerprint density at radius 3 is 2.40 bits per heavy atom. The predicted octanol–water partition coefficient (Wildman–Crippen LogP) is 1.43. The van der Waals surface area contributed by atoms with Gasteiger partial charge >= 0.3 is 5.97 Å². The molecule has 0 aromatic heterocycles. The van der Waals surface area contributed by atoms with Gasteiger partial charge < -0.3 is 10.4 Å². The van der Waals surface area contributed by atoms with E-state index in [0.717, 1.165) is 0 Å². The van der Waals surface area contributed by atoms with Crippen LogP contribution in [-0.4, -0.2) is 23.5 Å². The number of amides is 1. The number of aliphatic carboxylic acids is 1. The molecule has 0 aromatic carbocycles. The molecule has 1 atom stereocenters. The lowest BCUT2D eigenvalue weighted by Crippen LogP contribution is -2.39. The zero-order valence-corrected chi connectivity index (χ0v) is 9.54. The largest absolute Gasteiger partial charge is 0.481 e. The van der Waals surface area contributed by atoms with E-state index in [-0.39, 0.29) is 18.2 Å². The van der Waals surface area contributed by atoms with Crippen molar-refractivity contribution in [3.8, 4) is 0 Å². The van der Waals surface area contributed by atoms with E-state index in [2.05, 4.69) is 11.9 Å². The van der Waals surface area contributed by atoms with E-state index >= 15 is 0 Å². The van der Waals surface area contributed by atoms with Crippen molar-refractivity contribution >= 4 is 11.9 Å². The Labute approximate surface area is 90.4 Å². The average molecular weight is 213 g/mol. The molecular formula is C11H19NO3. The van der Waals surface area contributed by atoms with Gasteiger partial charge in [0.05, 0.1) is 5.41 Å². The molecule has 1 unspecified atom stereocenters. The Morgan fingerprint density at radius 1 is 1.53 bits per heavy atom. The molecule has 0 spiro atoms. The van der Waals surface area contributed by atoms with Gasteiger partial charge in [-0.1, -0.05) is 19.9 Å². The van der Waals surface area contributed by atoms with Gasteiger partial charge in [-0.3, -0.25) is 9.59 Å². The number of hydrogen-bond acceptors (Lipinski definition) is 2. The van der Waals surface area contributed by atoms with Crippen LogP contribution in [0.15, 0.2) is 12.7 Å². The maximum atomic E-state index is 11.4. The SMILES string of the molecule is C=CCNC(=O)CC(C)(C(=O)O)C(C)C. The standard InChI is InChI=1S/C11H19NO3/c1-5-6-12-9(13)7-11(4,8(2)3)10(14)15/h5,8H,1,6-7H2,2-4H3,(H,12,13)(H,14,15). The van der Waals surface area contributed by atoms with Gasteiger partial charge in [0.2, 0.25) is 5.91 Å². The first-order valence-electron chi connectivity index (χ1n) is 4.95. The molecular weight excluding hydrogens is 194 g/mol. The maximum Gasteiger partial charge on any atom is 0.310 e. The Kier molecular flexibility index (Phi) is 5.05. The summed E-state index contributed by atoms with van der Waals surface area (Å²) < 4.78 is 0. The van der Waals surface area contributed by atoms with Crippen LogP contribution in [0.2, 0.25) is 0 Å². The zero-order chi connectivity index (χ0) is 12.1. The van der Waals surface area contributed by atoms with Gasteiger partial charge in [0.1, 0.15) is 0 Å². The van der Waals surface area contributed by atoms with Crippen LogP contribution < -0.4 is 5.32 Å². The minimum Gasteiger partial charge on any atom is -0.481 e. The topological polar surface area (TPSA) is 66.4 Å². The Hall–Kier alpha value is -1.32.